The molecule has 0 aromatic carbocycles. The van der Waals surface area contributed by atoms with Crippen molar-refractivity contribution in [1.82, 2.24) is 9.80 Å². The Morgan fingerprint density at radius 3 is 2.66 bits per heavy atom. The fourth-order valence-corrected chi connectivity index (χ4v) is 6.59. The summed E-state index contributed by atoms with van der Waals surface area (Å²) in [5.41, 5.74) is 4.63. The largest absolute Gasteiger partial charge is 0.388 e. The number of aliphatic hydroxyl groups is 1. The van der Waals surface area contributed by atoms with E-state index in [-0.39, 0.29) is 6.10 Å². The number of hydrogen-bond donors (Lipinski definition) is 1. The molecule has 1 aliphatic heterocycles. The minimum Gasteiger partial charge on any atom is -0.388 e. The lowest BCUT2D eigenvalue weighted by molar-refractivity contribution is 0.101. The molecule has 162 valence electrons. The van der Waals surface area contributed by atoms with Crippen LogP contribution in [0.4, 0.5) is 0 Å². The Kier molecular flexibility index (Phi) is 6.68. The van der Waals surface area contributed by atoms with Crippen LogP contribution in [-0.4, -0.2) is 60.8 Å². The van der Waals surface area contributed by atoms with E-state index >= 15 is 0 Å². The lowest BCUT2D eigenvalue weighted by atomic mass is 9.63. The summed E-state index contributed by atoms with van der Waals surface area (Å²) in [4.78, 5) is 5.15. The van der Waals surface area contributed by atoms with Crippen molar-refractivity contribution < 1.29 is 5.11 Å². The number of allylic oxidation sites excluding steroid dienone is 3. The van der Waals surface area contributed by atoms with Crippen LogP contribution >= 0.6 is 0 Å². The van der Waals surface area contributed by atoms with Crippen molar-refractivity contribution in [3.63, 3.8) is 0 Å². The molecule has 1 N–H and O–H groups in total. The van der Waals surface area contributed by atoms with Gasteiger partial charge in [-0.15, -0.1) is 0 Å². The topological polar surface area (TPSA) is 26.7 Å². The van der Waals surface area contributed by atoms with Gasteiger partial charge in [0.05, 0.1) is 6.10 Å². The molecular formula is C26H42N2O. The number of aliphatic hydroxyl groups excluding tert-OH is 1. The van der Waals surface area contributed by atoms with Crippen molar-refractivity contribution >= 4 is 0 Å². The van der Waals surface area contributed by atoms with Crippen LogP contribution in [0.5, 0.6) is 0 Å². The molecule has 4 atom stereocenters. The molecule has 3 aliphatic carbocycles. The zero-order chi connectivity index (χ0) is 20.4. The third-order valence-corrected chi connectivity index (χ3v) is 8.78. The summed E-state index contributed by atoms with van der Waals surface area (Å²) in [7, 11) is 2.25. The van der Waals surface area contributed by atoms with Gasteiger partial charge in [-0.25, -0.2) is 0 Å². The van der Waals surface area contributed by atoms with Crippen LogP contribution in [-0.2, 0) is 0 Å². The highest BCUT2D eigenvalue weighted by atomic mass is 16.3. The third-order valence-electron chi connectivity index (χ3n) is 8.78. The highest BCUT2D eigenvalue weighted by Gasteiger charge is 2.48. The highest BCUT2D eigenvalue weighted by Crippen LogP contribution is 2.58. The molecular weight excluding hydrogens is 356 g/mol. The molecule has 3 saturated carbocycles. The molecule has 3 nitrogen and oxygen atoms in total. The van der Waals surface area contributed by atoms with Crippen LogP contribution in [0.3, 0.4) is 0 Å². The molecule has 29 heavy (non-hydrogen) atoms. The lowest BCUT2D eigenvalue weighted by Gasteiger charge is -2.43. The minimum absolute atomic E-state index is 0.324. The lowest BCUT2D eigenvalue weighted by Crippen LogP contribution is -2.45. The van der Waals surface area contributed by atoms with Crippen molar-refractivity contribution in [1.29, 1.82) is 0 Å². The fourth-order valence-electron chi connectivity index (χ4n) is 6.59. The number of rotatable bonds is 4. The van der Waals surface area contributed by atoms with Crippen LogP contribution < -0.4 is 0 Å². The fraction of sp³-hybridized carbons (Fsp3) is 0.769. The number of nitrogens with zero attached hydrogens (tertiary/aromatic N) is 2. The van der Waals surface area contributed by atoms with Gasteiger partial charge >= 0.3 is 0 Å². The van der Waals surface area contributed by atoms with Gasteiger partial charge in [0, 0.05) is 26.2 Å². The van der Waals surface area contributed by atoms with E-state index in [1.54, 1.807) is 5.57 Å². The monoisotopic (exact) mass is 398 g/mol. The molecule has 2 unspecified atom stereocenters. The van der Waals surface area contributed by atoms with E-state index in [2.05, 4.69) is 42.5 Å². The van der Waals surface area contributed by atoms with Gasteiger partial charge in [0.15, 0.2) is 0 Å². The second-order valence-electron chi connectivity index (χ2n) is 10.6. The van der Waals surface area contributed by atoms with E-state index in [0.717, 1.165) is 36.7 Å². The van der Waals surface area contributed by atoms with Gasteiger partial charge in [-0.1, -0.05) is 36.8 Å². The molecule has 0 bridgehead atoms. The van der Waals surface area contributed by atoms with Crippen LogP contribution in [0.2, 0.25) is 0 Å². The SMILES string of the molecule is C=C1CC/C(=C/C=C2\CCCC3(C)C2CC[C@@H]3CCN2CCN(C)CC2)C[C@H]1O. The normalized spacial score (nSPS) is 40.0. The number of piperazine rings is 1. The molecule has 0 spiro atoms. The maximum Gasteiger partial charge on any atom is 0.0784 e. The predicted molar refractivity (Wildman–Crippen MR) is 122 cm³/mol. The zero-order valence-electron chi connectivity index (χ0n) is 18.8. The van der Waals surface area contributed by atoms with Crippen molar-refractivity contribution in [2.24, 2.45) is 17.3 Å². The number of fused-ring (bicyclic) bond motifs is 1. The van der Waals surface area contributed by atoms with Crippen molar-refractivity contribution in [3.8, 4) is 0 Å². The average molecular weight is 399 g/mol. The summed E-state index contributed by atoms with van der Waals surface area (Å²) in [6.45, 7) is 12.9. The van der Waals surface area contributed by atoms with Gasteiger partial charge in [-0.05, 0) is 94.2 Å². The Morgan fingerprint density at radius 1 is 1.10 bits per heavy atom. The molecule has 4 aliphatic rings. The van der Waals surface area contributed by atoms with E-state index in [0.29, 0.717) is 5.41 Å². The van der Waals surface area contributed by atoms with Crippen LogP contribution in [0.25, 0.3) is 0 Å². The Balaban J connectivity index is 1.38. The molecule has 1 saturated heterocycles. The molecule has 0 radical (unpaired) electrons. The van der Waals surface area contributed by atoms with Gasteiger partial charge in [-0.3, -0.25) is 0 Å². The summed E-state index contributed by atoms with van der Waals surface area (Å²) in [5, 5.41) is 10.1. The molecule has 0 aromatic rings. The smallest absolute Gasteiger partial charge is 0.0784 e. The Labute approximate surface area is 178 Å². The average Bonchev–Trinajstić information content (AvgIpc) is 3.05. The van der Waals surface area contributed by atoms with Crippen LogP contribution in [0, 0.1) is 17.3 Å². The van der Waals surface area contributed by atoms with Crippen LogP contribution in [0.1, 0.15) is 64.7 Å². The quantitative estimate of drug-likeness (QED) is 0.690. The van der Waals surface area contributed by atoms with Gasteiger partial charge in [0.2, 0.25) is 0 Å². The summed E-state index contributed by atoms with van der Waals surface area (Å²) < 4.78 is 0. The summed E-state index contributed by atoms with van der Waals surface area (Å²) in [6, 6.07) is 0. The minimum atomic E-state index is -0.324. The van der Waals surface area contributed by atoms with E-state index < -0.39 is 0 Å². The van der Waals surface area contributed by atoms with Crippen molar-refractivity contribution in [3.05, 3.63) is 35.5 Å². The van der Waals surface area contributed by atoms with Gasteiger partial charge in [0.1, 0.15) is 0 Å². The maximum atomic E-state index is 10.1. The summed E-state index contributed by atoms with van der Waals surface area (Å²) in [6.07, 6.45) is 15.6. The van der Waals surface area contributed by atoms with Crippen LogP contribution in [0.15, 0.2) is 35.5 Å². The molecule has 0 amide bonds. The second kappa shape index (κ2) is 9.08. The standard InChI is InChI=1S/C26H42N2O/c1-20-6-7-21(19-25(20)29)8-9-22-5-4-13-26(2)23(10-11-24(22)26)12-14-28-17-15-27(3)16-18-28/h8-9,23-25,29H,1,4-7,10-19H2,2-3H3/b21-8-,22-9+/t23-,24?,25-,26?/m1/s1. The molecule has 0 aromatic heterocycles. The van der Waals surface area contributed by atoms with Gasteiger partial charge < -0.3 is 14.9 Å². The molecule has 4 rings (SSSR count). The number of likely N-dealkylation sites (N-methyl/N-ethyl adjacent to an activating group) is 1. The zero-order valence-corrected chi connectivity index (χ0v) is 18.8. The molecule has 1 heterocycles. The van der Waals surface area contributed by atoms with Crippen molar-refractivity contribution in [2.75, 3.05) is 39.8 Å². The maximum absolute atomic E-state index is 10.1. The van der Waals surface area contributed by atoms with E-state index in [1.165, 1.54) is 76.8 Å². The molecule has 3 heteroatoms. The summed E-state index contributed by atoms with van der Waals surface area (Å²) in [5.74, 6) is 1.68. The van der Waals surface area contributed by atoms with E-state index in [9.17, 15) is 5.11 Å². The van der Waals surface area contributed by atoms with E-state index in [1.807, 2.05) is 0 Å². The second-order valence-corrected chi connectivity index (χ2v) is 10.6. The van der Waals surface area contributed by atoms with Gasteiger partial charge in [0.25, 0.3) is 0 Å². The highest BCUT2D eigenvalue weighted by molar-refractivity contribution is 5.27. The Bertz CT molecular complexity index is 658. The summed E-state index contributed by atoms with van der Waals surface area (Å²) >= 11 is 0. The Hall–Kier alpha value is -0.900. The Morgan fingerprint density at radius 2 is 1.90 bits per heavy atom. The number of hydrogen-bond acceptors (Lipinski definition) is 3. The van der Waals surface area contributed by atoms with Crippen molar-refractivity contribution in [2.45, 2.75) is 70.8 Å². The first-order chi connectivity index (χ1) is 14.0. The van der Waals surface area contributed by atoms with Gasteiger partial charge in [-0.2, -0.15) is 0 Å². The first-order valence-corrected chi connectivity index (χ1v) is 12.1. The predicted octanol–water partition coefficient (Wildman–Crippen LogP) is 4.79. The third kappa shape index (κ3) is 4.73. The first kappa shape index (κ1) is 21.3. The van der Waals surface area contributed by atoms with E-state index in [4.69, 9.17) is 0 Å². The molecule has 4 fully saturated rings. The first-order valence-electron chi connectivity index (χ1n) is 12.1.